The molecule has 0 atom stereocenters. The van der Waals surface area contributed by atoms with Crippen molar-refractivity contribution in [3.63, 3.8) is 0 Å². The highest BCUT2D eigenvalue weighted by atomic mass is 16.6. The first-order valence-electron chi connectivity index (χ1n) is 4.85. The molecule has 88 valence electrons. The number of ketones is 1. The van der Waals surface area contributed by atoms with Crippen molar-refractivity contribution in [2.24, 2.45) is 0 Å². The van der Waals surface area contributed by atoms with Crippen molar-refractivity contribution in [3.8, 4) is 0 Å². The third-order valence-electron chi connectivity index (χ3n) is 2.50. The zero-order valence-corrected chi connectivity index (χ0v) is 8.75. The number of carbonyl (C=O) groups is 2. The maximum Gasteiger partial charge on any atom is 0.271 e. The number of nitrogens with two attached hydrogens (primary N) is 1. The van der Waals surface area contributed by atoms with Gasteiger partial charge in [0.15, 0.2) is 5.78 Å². The molecule has 2 rings (SSSR count). The van der Waals surface area contributed by atoms with Gasteiger partial charge in [-0.2, -0.15) is 0 Å². The van der Waals surface area contributed by atoms with Gasteiger partial charge in [-0.05, 0) is 6.07 Å². The number of anilines is 2. The Morgan fingerprint density at radius 1 is 1.35 bits per heavy atom. The molecule has 7 heteroatoms. The Morgan fingerprint density at radius 2 is 2.06 bits per heavy atom. The lowest BCUT2D eigenvalue weighted by atomic mass is 10.2. The number of amides is 1. The van der Waals surface area contributed by atoms with E-state index in [1.165, 1.54) is 23.1 Å². The van der Waals surface area contributed by atoms with Crippen molar-refractivity contribution in [3.05, 3.63) is 28.3 Å². The summed E-state index contributed by atoms with van der Waals surface area (Å²) in [7, 11) is 0. The Labute approximate surface area is 96.0 Å². The van der Waals surface area contributed by atoms with Crippen molar-refractivity contribution in [2.75, 3.05) is 17.2 Å². The minimum Gasteiger partial charge on any atom is -0.397 e. The molecule has 0 saturated carbocycles. The third-order valence-corrected chi connectivity index (χ3v) is 2.50. The summed E-state index contributed by atoms with van der Waals surface area (Å²) < 4.78 is 0. The zero-order chi connectivity index (χ0) is 12.6. The number of nitrogens with zero attached hydrogens (tertiary/aromatic N) is 2. The second-order valence-electron chi connectivity index (χ2n) is 3.70. The van der Waals surface area contributed by atoms with Crippen molar-refractivity contribution in [1.29, 1.82) is 0 Å². The molecule has 1 amide bonds. The standard InChI is InChI=1S/C10H9N3O4/c11-8-2-1-6(13(16)17)3-9(8)12-5-7(14)4-10(12)15/h1-3H,4-5,11H2. The molecule has 0 aromatic heterocycles. The van der Waals surface area contributed by atoms with Crippen LogP contribution in [0.2, 0.25) is 0 Å². The van der Waals surface area contributed by atoms with E-state index < -0.39 is 4.92 Å². The minimum atomic E-state index is -0.578. The molecule has 1 aromatic carbocycles. The largest absolute Gasteiger partial charge is 0.397 e. The summed E-state index contributed by atoms with van der Waals surface area (Å²) in [6.07, 6.45) is -0.178. The Balaban J connectivity index is 2.44. The maximum absolute atomic E-state index is 11.5. The number of rotatable bonds is 2. The van der Waals surface area contributed by atoms with Gasteiger partial charge in [-0.15, -0.1) is 0 Å². The first-order chi connectivity index (χ1) is 7.99. The van der Waals surface area contributed by atoms with Gasteiger partial charge in [-0.3, -0.25) is 19.7 Å². The number of nitro groups is 1. The second-order valence-corrected chi connectivity index (χ2v) is 3.70. The Hall–Kier alpha value is -2.44. The quantitative estimate of drug-likeness (QED) is 0.347. The van der Waals surface area contributed by atoms with E-state index in [0.29, 0.717) is 0 Å². The highest BCUT2D eigenvalue weighted by Gasteiger charge is 2.30. The van der Waals surface area contributed by atoms with Crippen LogP contribution in [0.5, 0.6) is 0 Å². The number of nitrogen functional groups attached to an aromatic ring is 1. The molecule has 1 aliphatic heterocycles. The van der Waals surface area contributed by atoms with Crippen LogP contribution in [0.15, 0.2) is 18.2 Å². The molecule has 0 bridgehead atoms. The molecule has 0 radical (unpaired) electrons. The Morgan fingerprint density at radius 3 is 2.59 bits per heavy atom. The average molecular weight is 235 g/mol. The van der Waals surface area contributed by atoms with E-state index >= 15 is 0 Å². The summed E-state index contributed by atoms with van der Waals surface area (Å²) >= 11 is 0. The van der Waals surface area contributed by atoms with E-state index in [9.17, 15) is 19.7 Å². The smallest absolute Gasteiger partial charge is 0.271 e. The summed E-state index contributed by atoms with van der Waals surface area (Å²) in [5.41, 5.74) is 5.94. The predicted octanol–water partition coefficient (Wildman–Crippen LogP) is 0.483. The number of nitro benzene ring substituents is 1. The van der Waals surface area contributed by atoms with E-state index in [1.54, 1.807) is 0 Å². The maximum atomic E-state index is 11.5. The molecule has 0 unspecified atom stereocenters. The highest BCUT2D eigenvalue weighted by molar-refractivity contribution is 6.16. The van der Waals surface area contributed by atoms with Gasteiger partial charge in [0.05, 0.1) is 29.3 Å². The van der Waals surface area contributed by atoms with Crippen LogP contribution in [0.1, 0.15) is 6.42 Å². The van der Waals surface area contributed by atoms with E-state index in [-0.39, 0.29) is 41.7 Å². The topological polar surface area (TPSA) is 107 Å². The fourth-order valence-electron chi connectivity index (χ4n) is 1.68. The van der Waals surface area contributed by atoms with E-state index in [4.69, 9.17) is 5.73 Å². The number of benzene rings is 1. The molecule has 1 fully saturated rings. The summed E-state index contributed by atoms with van der Waals surface area (Å²) in [5, 5.41) is 10.6. The van der Waals surface area contributed by atoms with Crippen LogP contribution in [0.3, 0.4) is 0 Å². The molecule has 17 heavy (non-hydrogen) atoms. The van der Waals surface area contributed by atoms with Gasteiger partial charge in [0.25, 0.3) is 5.69 Å². The molecule has 1 aliphatic rings. The van der Waals surface area contributed by atoms with Crippen LogP contribution in [0.25, 0.3) is 0 Å². The van der Waals surface area contributed by atoms with Gasteiger partial charge in [-0.25, -0.2) is 0 Å². The lowest BCUT2D eigenvalue weighted by Crippen LogP contribution is -2.25. The number of hydrogen-bond donors (Lipinski definition) is 1. The molecule has 0 aliphatic carbocycles. The molecule has 1 heterocycles. The SMILES string of the molecule is Nc1ccc([N+](=O)[O-])cc1N1CC(=O)CC1=O. The second kappa shape index (κ2) is 3.85. The fourth-order valence-corrected chi connectivity index (χ4v) is 1.68. The molecule has 1 aromatic rings. The van der Waals surface area contributed by atoms with Crippen molar-refractivity contribution in [1.82, 2.24) is 0 Å². The van der Waals surface area contributed by atoms with Gasteiger partial charge in [0.1, 0.15) is 0 Å². The monoisotopic (exact) mass is 235 g/mol. The summed E-state index contributed by atoms with van der Waals surface area (Å²) in [6, 6.07) is 3.80. The highest BCUT2D eigenvalue weighted by Crippen LogP contribution is 2.30. The lowest BCUT2D eigenvalue weighted by Gasteiger charge is -2.16. The first kappa shape index (κ1) is 11.1. The molecule has 2 N–H and O–H groups in total. The Bertz CT molecular complexity index is 526. The van der Waals surface area contributed by atoms with Crippen LogP contribution < -0.4 is 10.6 Å². The summed E-state index contributed by atoms with van der Waals surface area (Å²) in [5.74, 6) is -0.608. The van der Waals surface area contributed by atoms with Crippen molar-refractivity contribution in [2.45, 2.75) is 6.42 Å². The minimum absolute atomic E-state index is 0.0792. The number of carbonyl (C=O) groups excluding carboxylic acids is 2. The van der Waals surface area contributed by atoms with E-state index in [1.807, 2.05) is 0 Å². The van der Waals surface area contributed by atoms with Gasteiger partial charge in [0, 0.05) is 12.1 Å². The number of hydrogen-bond acceptors (Lipinski definition) is 5. The lowest BCUT2D eigenvalue weighted by molar-refractivity contribution is -0.384. The van der Waals surface area contributed by atoms with Crippen molar-refractivity contribution < 1.29 is 14.5 Å². The number of non-ortho nitro benzene ring substituents is 1. The zero-order valence-electron chi connectivity index (χ0n) is 8.75. The molecular formula is C10H9N3O4. The van der Waals surface area contributed by atoms with Crippen LogP contribution in [0, 0.1) is 10.1 Å². The predicted molar refractivity (Wildman–Crippen MR) is 59.5 cm³/mol. The molecule has 1 saturated heterocycles. The van der Waals surface area contributed by atoms with Gasteiger partial charge >= 0.3 is 0 Å². The summed E-state index contributed by atoms with van der Waals surface area (Å²) in [4.78, 5) is 33.8. The van der Waals surface area contributed by atoms with Crippen LogP contribution >= 0.6 is 0 Å². The average Bonchev–Trinajstić information content (AvgIpc) is 2.58. The molecular weight excluding hydrogens is 226 g/mol. The summed E-state index contributed by atoms with van der Waals surface area (Å²) in [6.45, 7) is -0.0792. The van der Waals surface area contributed by atoms with E-state index in [2.05, 4.69) is 0 Å². The van der Waals surface area contributed by atoms with E-state index in [0.717, 1.165) is 0 Å². The Kier molecular flexibility index (Phi) is 2.51. The fraction of sp³-hybridized carbons (Fsp3) is 0.200. The van der Waals surface area contributed by atoms with Crippen LogP contribution in [0.4, 0.5) is 17.1 Å². The van der Waals surface area contributed by atoms with Crippen LogP contribution in [-0.4, -0.2) is 23.2 Å². The van der Waals surface area contributed by atoms with Crippen molar-refractivity contribution >= 4 is 28.8 Å². The van der Waals surface area contributed by atoms with Gasteiger partial charge in [0.2, 0.25) is 5.91 Å². The molecule has 0 spiro atoms. The van der Waals surface area contributed by atoms with Gasteiger partial charge < -0.3 is 10.6 Å². The number of Topliss-reactive ketones (excluding diaryl/α,β-unsaturated/α-hetero) is 1. The third kappa shape index (κ3) is 1.94. The molecule has 7 nitrogen and oxygen atoms in total. The van der Waals surface area contributed by atoms with Crippen LogP contribution in [-0.2, 0) is 9.59 Å². The first-order valence-corrected chi connectivity index (χ1v) is 4.85. The van der Waals surface area contributed by atoms with Gasteiger partial charge in [-0.1, -0.05) is 0 Å². The normalized spacial score (nSPS) is 15.4.